The number of alkyl halides is 3. The first kappa shape index (κ1) is 26.8. The number of halogens is 3. The molecule has 2 aromatic heterocycles. The van der Waals surface area contributed by atoms with Crippen molar-refractivity contribution in [3.63, 3.8) is 0 Å². The first-order valence-electron chi connectivity index (χ1n) is 9.87. The van der Waals surface area contributed by atoms with E-state index in [0.717, 1.165) is 30.5 Å². The number of fused-ring (bicyclic) bond motifs is 1. The summed E-state index contributed by atoms with van der Waals surface area (Å²) in [6, 6.07) is 4.88. The number of ether oxygens (including phenoxy) is 2. The smallest absolute Gasteiger partial charge is 1.00 e. The van der Waals surface area contributed by atoms with E-state index in [0.29, 0.717) is 23.6 Å². The topological polar surface area (TPSA) is 77.1 Å². The van der Waals surface area contributed by atoms with E-state index in [9.17, 15) is 17.4 Å². The largest absolute Gasteiger partial charge is 1.00 e. The minimum atomic E-state index is -4.46. The van der Waals surface area contributed by atoms with Crippen LogP contribution in [0.5, 0.6) is 5.75 Å². The molecule has 3 aromatic rings. The molecule has 0 aliphatic carbocycles. The molecule has 0 spiro atoms. The number of rotatable bonds is 9. The summed E-state index contributed by atoms with van der Waals surface area (Å²) in [5.74, 6) is 0.616. The van der Waals surface area contributed by atoms with Crippen LogP contribution in [0, 0.1) is 6.92 Å². The fourth-order valence-electron chi connectivity index (χ4n) is 2.90. The van der Waals surface area contributed by atoms with Gasteiger partial charge in [0, 0.05) is 11.8 Å². The zero-order valence-corrected chi connectivity index (χ0v) is 21.3. The van der Waals surface area contributed by atoms with Gasteiger partial charge < -0.3 is 15.9 Å². The number of unbranched alkanes of at least 4 members (excludes halogenated alkanes) is 1. The maximum atomic E-state index is 12.9. The monoisotopic (exact) mass is 479 g/mol. The third-order valence-corrected chi connectivity index (χ3v) is 5.83. The molecule has 1 aromatic carbocycles. The molecule has 0 aliphatic heterocycles. The van der Waals surface area contributed by atoms with Gasteiger partial charge in [-0.1, -0.05) is 13.3 Å². The molecule has 2 unspecified atom stereocenters. The van der Waals surface area contributed by atoms with Gasteiger partial charge in [-0.25, -0.2) is 4.98 Å². The first-order chi connectivity index (χ1) is 14.7. The molecule has 0 radical (unpaired) electrons. The van der Waals surface area contributed by atoms with Crippen molar-refractivity contribution in [2.24, 2.45) is 0 Å². The molecule has 32 heavy (non-hydrogen) atoms. The van der Waals surface area contributed by atoms with Crippen molar-refractivity contribution in [2.75, 3.05) is 6.61 Å². The molecule has 2 atom stereocenters. The van der Waals surface area contributed by atoms with Crippen molar-refractivity contribution < 1.29 is 57.8 Å². The van der Waals surface area contributed by atoms with Gasteiger partial charge in [0.05, 0.1) is 45.5 Å². The summed E-state index contributed by atoms with van der Waals surface area (Å²) in [6.07, 6.45) is -1.38. The number of hydrogen-bond donors (Lipinski definition) is 1. The summed E-state index contributed by atoms with van der Waals surface area (Å²) in [5, 5.41) is 0.0955. The van der Waals surface area contributed by atoms with Crippen LogP contribution in [0.25, 0.3) is 11.0 Å². The SMILES string of the molecule is CCCCOC(C)Oc1ccnc(CS(=O)c2nc3ccc(C(F)(F)F)cc3[nH]2)c1C.[H-].[Na+]. The number of hydrogen-bond acceptors (Lipinski definition) is 5. The van der Waals surface area contributed by atoms with Gasteiger partial charge in [-0.2, -0.15) is 13.2 Å². The maximum absolute atomic E-state index is 12.9. The first-order valence-corrected chi connectivity index (χ1v) is 11.2. The van der Waals surface area contributed by atoms with Gasteiger partial charge >= 0.3 is 35.7 Å². The number of pyridine rings is 1. The minimum absolute atomic E-state index is 0. The van der Waals surface area contributed by atoms with E-state index in [1.54, 1.807) is 19.2 Å². The summed E-state index contributed by atoms with van der Waals surface area (Å²) >= 11 is 0. The molecule has 1 N–H and O–H groups in total. The zero-order chi connectivity index (χ0) is 22.6. The van der Waals surface area contributed by atoms with Gasteiger partial charge in [0.25, 0.3) is 0 Å². The number of benzene rings is 1. The predicted octanol–water partition coefficient (Wildman–Crippen LogP) is 2.25. The molecular weight excluding hydrogens is 454 g/mol. The molecule has 3 rings (SSSR count). The molecule has 0 saturated heterocycles. The molecule has 0 bridgehead atoms. The third kappa shape index (κ3) is 6.77. The van der Waals surface area contributed by atoms with Crippen molar-refractivity contribution in [3.05, 3.63) is 47.3 Å². The maximum Gasteiger partial charge on any atom is 1.00 e. The van der Waals surface area contributed by atoms with Crippen molar-refractivity contribution in [1.82, 2.24) is 15.0 Å². The number of aromatic amines is 1. The van der Waals surface area contributed by atoms with Crippen LogP contribution < -0.4 is 34.3 Å². The summed E-state index contributed by atoms with van der Waals surface area (Å²) < 4.78 is 63.0. The third-order valence-electron chi connectivity index (χ3n) is 4.67. The van der Waals surface area contributed by atoms with Crippen molar-refractivity contribution in [2.45, 2.75) is 57.0 Å². The second-order valence-electron chi connectivity index (χ2n) is 7.05. The summed E-state index contributed by atoms with van der Waals surface area (Å²) in [6.45, 7) is 6.28. The second kappa shape index (κ2) is 11.6. The van der Waals surface area contributed by atoms with E-state index >= 15 is 0 Å². The molecule has 0 fully saturated rings. The van der Waals surface area contributed by atoms with Crippen molar-refractivity contribution >= 4 is 21.8 Å². The van der Waals surface area contributed by atoms with Gasteiger partial charge in [-0.15, -0.1) is 0 Å². The number of aromatic nitrogens is 3. The van der Waals surface area contributed by atoms with Crippen LogP contribution in [0.3, 0.4) is 0 Å². The molecular formula is C21H25F3N3NaO3S. The molecule has 0 amide bonds. The zero-order valence-electron chi connectivity index (χ0n) is 19.5. The Bertz CT molecular complexity index is 1080. The van der Waals surface area contributed by atoms with Gasteiger partial charge in [0.1, 0.15) is 5.75 Å². The Morgan fingerprint density at radius 2 is 2.03 bits per heavy atom. The fourth-order valence-corrected chi connectivity index (χ4v) is 4.00. The molecule has 6 nitrogen and oxygen atoms in total. The summed E-state index contributed by atoms with van der Waals surface area (Å²) in [4.78, 5) is 11.2. The molecule has 0 saturated carbocycles. The van der Waals surface area contributed by atoms with Crippen LogP contribution in [0.1, 0.15) is 44.9 Å². The van der Waals surface area contributed by atoms with Gasteiger partial charge in [-0.05, 0) is 44.5 Å². The second-order valence-corrected chi connectivity index (χ2v) is 8.42. The molecule has 170 valence electrons. The Labute approximate surface area is 210 Å². The van der Waals surface area contributed by atoms with E-state index in [4.69, 9.17) is 9.47 Å². The Kier molecular flexibility index (Phi) is 9.71. The Morgan fingerprint density at radius 3 is 2.72 bits per heavy atom. The quantitative estimate of drug-likeness (QED) is 0.290. The molecule has 2 heterocycles. The predicted molar refractivity (Wildman–Crippen MR) is 112 cm³/mol. The van der Waals surface area contributed by atoms with Crippen LogP contribution >= 0.6 is 0 Å². The summed E-state index contributed by atoms with van der Waals surface area (Å²) in [5.41, 5.74) is 0.970. The minimum Gasteiger partial charge on any atom is -1.00 e. The van der Waals surface area contributed by atoms with Crippen LogP contribution in [-0.2, 0) is 27.5 Å². The Morgan fingerprint density at radius 1 is 1.28 bits per heavy atom. The van der Waals surface area contributed by atoms with Crippen LogP contribution in [-0.4, -0.2) is 32.1 Å². The summed E-state index contributed by atoms with van der Waals surface area (Å²) in [7, 11) is -1.63. The number of imidazole rings is 1. The van der Waals surface area contributed by atoms with Gasteiger partial charge in [0.15, 0.2) is 11.4 Å². The van der Waals surface area contributed by atoms with Crippen LogP contribution in [0.4, 0.5) is 13.2 Å². The Hall–Kier alpha value is -1.46. The van der Waals surface area contributed by atoms with Crippen molar-refractivity contribution in [3.8, 4) is 5.75 Å². The molecule has 11 heteroatoms. The van der Waals surface area contributed by atoms with E-state index in [-0.39, 0.29) is 47.4 Å². The Balaban J connectivity index is 0.00000272. The van der Waals surface area contributed by atoms with E-state index in [1.165, 1.54) is 6.07 Å². The number of nitrogens with one attached hydrogen (secondary N) is 1. The fraction of sp³-hybridized carbons (Fsp3) is 0.429. The van der Waals surface area contributed by atoms with E-state index in [1.807, 2.05) is 6.92 Å². The van der Waals surface area contributed by atoms with Crippen molar-refractivity contribution in [1.29, 1.82) is 0 Å². The van der Waals surface area contributed by atoms with E-state index in [2.05, 4.69) is 21.9 Å². The normalized spacial score (nSPS) is 13.6. The van der Waals surface area contributed by atoms with Gasteiger partial charge in [0.2, 0.25) is 0 Å². The average molecular weight is 480 g/mol. The number of nitrogens with zero attached hydrogens (tertiary/aromatic N) is 2. The number of H-pyrrole nitrogens is 1. The molecule has 0 aliphatic rings. The average Bonchev–Trinajstić information content (AvgIpc) is 3.14. The van der Waals surface area contributed by atoms with Gasteiger partial charge in [-0.3, -0.25) is 9.19 Å². The van der Waals surface area contributed by atoms with E-state index < -0.39 is 28.8 Å². The van der Waals surface area contributed by atoms with Crippen LogP contribution in [0.15, 0.2) is 35.6 Å². The standard InChI is InChI=1S/C21H24F3N3O3S.Na.H/c1-4-5-10-29-14(3)30-19-8-9-25-18(13(19)2)12-31(28)20-26-16-7-6-15(21(22,23)24)11-17(16)27-20;;/h6-9,11,14H,4-5,10,12H2,1-3H3,(H,26,27);;/q;+1;-1. The van der Waals surface area contributed by atoms with Crippen LogP contribution in [0.2, 0.25) is 0 Å².